The zero-order valence-corrected chi connectivity index (χ0v) is 15.5. The largest absolute Gasteiger partial charge is 0.573 e. The molecule has 2 aromatic heterocycles. The molecule has 7 nitrogen and oxygen atoms in total. The summed E-state index contributed by atoms with van der Waals surface area (Å²) in [5, 5.41) is 7.50. The molecule has 12 heteroatoms. The topological polar surface area (TPSA) is 74.1 Å². The lowest BCUT2D eigenvalue weighted by molar-refractivity contribution is -0.274. The molecule has 0 spiro atoms. The number of hydrogen-bond acceptors (Lipinski definition) is 6. The lowest BCUT2D eigenvalue weighted by atomic mass is 10.3. The summed E-state index contributed by atoms with van der Waals surface area (Å²) < 4.78 is 47.3. The van der Waals surface area contributed by atoms with Crippen LogP contribution in [0.2, 0.25) is 10.2 Å². The Morgan fingerprint density at radius 1 is 1.07 bits per heavy atom. The Labute approximate surface area is 167 Å². The van der Waals surface area contributed by atoms with Crippen LogP contribution in [0.15, 0.2) is 42.9 Å². The van der Waals surface area contributed by atoms with Crippen molar-refractivity contribution in [2.24, 2.45) is 0 Å². The van der Waals surface area contributed by atoms with E-state index in [2.05, 4.69) is 25.1 Å². The molecule has 0 bridgehead atoms. The van der Waals surface area contributed by atoms with E-state index in [0.717, 1.165) is 0 Å². The van der Waals surface area contributed by atoms with Gasteiger partial charge in [0.1, 0.15) is 29.5 Å². The lowest BCUT2D eigenvalue weighted by Crippen LogP contribution is -2.17. The molecular formula is C16H12Cl2F3N5O2. The predicted octanol–water partition coefficient (Wildman–Crippen LogP) is 4.36. The number of ether oxygens (including phenoxy) is 2. The third kappa shape index (κ3) is 5.40. The van der Waals surface area contributed by atoms with E-state index in [0.29, 0.717) is 23.9 Å². The molecule has 148 valence electrons. The third-order valence-corrected chi connectivity index (χ3v) is 4.03. The van der Waals surface area contributed by atoms with Crippen LogP contribution in [0.25, 0.3) is 5.69 Å². The second-order valence-electron chi connectivity index (χ2n) is 5.24. The molecule has 0 aliphatic rings. The molecule has 2 heterocycles. The summed E-state index contributed by atoms with van der Waals surface area (Å²) in [6.45, 7) is 0.636. The van der Waals surface area contributed by atoms with Gasteiger partial charge >= 0.3 is 6.36 Å². The number of rotatable bonds is 7. The van der Waals surface area contributed by atoms with E-state index in [-0.39, 0.29) is 22.5 Å². The summed E-state index contributed by atoms with van der Waals surface area (Å²) in [6, 6.07) is 6.91. The highest BCUT2D eigenvalue weighted by Gasteiger charge is 2.30. The Morgan fingerprint density at radius 3 is 2.54 bits per heavy atom. The number of halogens is 5. The van der Waals surface area contributed by atoms with E-state index in [1.165, 1.54) is 35.3 Å². The second kappa shape index (κ2) is 8.53. The van der Waals surface area contributed by atoms with Crippen LogP contribution in [0.3, 0.4) is 0 Å². The van der Waals surface area contributed by atoms with Gasteiger partial charge < -0.3 is 14.8 Å². The number of hydrogen-bond donors (Lipinski definition) is 1. The average molecular weight is 434 g/mol. The first kappa shape index (κ1) is 20.0. The predicted molar refractivity (Wildman–Crippen MR) is 96.3 cm³/mol. The molecule has 1 N–H and O–H groups in total. The van der Waals surface area contributed by atoms with E-state index >= 15 is 0 Å². The van der Waals surface area contributed by atoms with Gasteiger partial charge in [-0.3, -0.25) is 0 Å². The first-order valence-corrected chi connectivity index (χ1v) is 8.52. The van der Waals surface area contributed by atoms with E-state index in [1.807, 2.05) is 0 Å². The summed E-state index contributed by atoms with van der Waals surface area (Å²) >= 11 is 11.8. The molecule has 0 saturated carbocycles. The SMILES string of the molecule is FC(F)(F)Oc1ccc(-n2ccc(OCCNc3ncnc(Cl)c3Cl)n2)cc1. The summed E-state index contributed by atoms with van der Waals surface area (Å²) in [6.07, 6.45) is -1.84. The highest BCUT2D eigenvalue weighted by atomic mass is 35.5. The average Bonchev–Trinajstić information content (AvgIpc) is 3.10. The van der Waals surface area contributed by atoms with Gasteiger partial charge in [0.25, 0.3) is 0 Å². The van der Waals surface area contributed by atoms with Crippen molar-refractivity contribution in [1.82, 2.24) is 19.7 Å². The molecule has 0 aliphatic heterocycles. The van der Waals surface area contributed by atoms with Crippen LogP contribution >= 0.6 is 23.2 Å². The van der Waals surface area contributed by atoms with Crippen LogP contribution in [-0.2, 0) is 0 Å². The molecule has 28 heavy (non-hydrogen) atoms. The van der Waals surface area contributed by atoms with Gasteiger partial charge in [-0.15, -0.1) is 18.3 Å². The van der Waals surface area contributed by atoms with Crippen molar-refractivity contribution in [2.75, 3.05) is 18.5 Å². The van der Waals surface area contributed by atoms with Crippen molar-refractivity contribution in [2.45, 2.75) is 6.36 Å². The molecule has 3 aromatic rings. The van der Waals surface area contributed by atoms with Crippen LogP contribution in [0, 0.1) is 0 Å². The molecule has 0 fully saturated rings. The third-order valence-electron chi connectivity index (χ3n) is 3.29. The van der Waals surface area contributed by atoms with Crippen molar-refractivity contribution in [3.8, 4) is 17.3 Å². The fourth-order valence-electron chi connectivity index (χ4n) is 2.13. The summed E-state index contributed by atoms with van der Waals surface area (Å²) in [5.74, 6) is 0.413. The first-order chi connectivity index (χ1) is 13.3. The van der Waals surface area contributed by atoms with Crippen LogP contribution in [0.1, 0.15) is 0 Å². The zero-order valence-electron chi connectivity index (χ0n) is 14.0. The molecule has 0 aliphatic carbocycles. The second-order valence-corrected chi connectivity index (χ2v) is 5.98. The molecule has 3 rings (SSSR count). The van der Waals surface area contributed by atoms with Crippen LogP contribution in [-0.4, -0.2) is 39.3 Å². The Morgan fingerprint density at radius 2 is 1.82 bits per heavy atom. The van der Waals surface area contributed by atoms with E-state index in [1.54, 1.807) is 12.3 Å². The minimum Gasteiger partial charge on any atom is -0.475 e. The smallest absolute Gasteiger partial charge is 0.475 e. The highest BCUT2D eigenvalue weighted by molar-refractivity contribution is 6.42. The van der Waals surface area contributed by atoms with Crippen molar-refractivity contribution < 1.29 is 22.6 Å². The van der Waals surface area contributed by atoms with Crippen molar-refractivity contribution in [3.05, 3.63) is 53.0 Å². The molecular weight excluding hydrogens is 422 g/mol. The summed E-state index contributed by atoms with van der Waals surface area (Å²) in [5.41, 5.74) is 0.546. The number of benzene rings is 1. The van der Waals surface area contributed by atoms with Gasteiger partial charge in [0.15, 0.2) is 5.15 Å². The minimum absolute atomic E-state index is 0.144. The summed E-state index contributed by atoms with van der Waals surface area (Å²) in [4.78, 5) is 7.71. The van der Waals surface area contributed by atoms with E-state index in [4.69, 9.17) is 27.9 Å². The normalized spacial score (nSPS) is 11.3. The van der Waals surface area contributed by atoms with Gasteiger partial charge in [0.05, 0.1) is 12.2 Å². The van der Waals surface area contributed by atoms with Crippen molar-refractivity contribution in [1.29, 1.82) is 0 Å². The first-order valence-electron chi connectivity index (χ1n) is 7.76. The Balaban J connectivity index is 1.52. The van der Waals surface area contributed by atoms with Gasteiger partial charge in [-0.05, 0) is 24.3 Å². The van der Waals surface area contributed by atoms with Gasteiger partial charge in [-0.2, -0.15) is 0 Å². The number of anilines is 1. The Hall–Kier alpha value is -2.72. The molecule has 0 atom stereocenters. The molecule has 0 radical (unpaired) electrons. The molecule has 0 amide bonds. The molecule has 1 aromatic carbocycles. The fourth-order valence-corrected chi connectivity index (χ4v) is 2.42. The number of nitrogens with one attached hydrogen (secondary N) is 1. The van der Waals surface area contributed by atoms with Gasteiger partial charge in [0.2, 0.25) is 5.88 Å². The number of nitrogens with zero attached hydrogens (tertiary/aromatic N) is 4. The fraction of sp³-hybridized carbons (Fsp3) is 0.188. The maximum absolute atomic E-state index is 12.2. The minimum atomic E-state index is -4.73. The Bertz CT molecular complexity index is 935. The lowest BCUT2D eigenvalue weighted by Gasteiger charge is -2.09. The Kier molecular flexibility index (Phi) is 6.10. The van der Waals surface area contributed by atoms with Gasteiger partial charge in [0, 0.05) is 12.3 Å². The standard InChI is InChI=1S/C16H12Cl2F3N5O2/c17-13-14(18)23-9-24-15(13)22-6-8-27-12-5-7-26(25-12)10-1-3-11(4-2-10)28-16(19,20)21/h1-5,7,9H,6,8H2,(H,22,23,24). The molecule has 0 unspecified atom stereocenters. The van der Waals surface area contributed by atoms with Crippen molar-refractivity contribution in [3.63, 3.8) is 0 Å². The van der Waals surface area contributed by atoms with E-state index in [9.17, 15) is 13.2 Å². The van der Waals surface area contributed by atoms with Crippen LogP contribution < -0.4 is 14.8 Å². The van der Waals surface area contributed by atoms with Gasteiger partial charge in [-0.1, -0.05) is 23.2 Å². The zero-order chi connectivity index (χ0) is 20.1. The van der Waals surface area contributed by atoms with E-state index < -0.39 is 6.36 Å². The van der Waals surface area contributed by atoms with Crippen LogP contribution in [0.5, 0.6) is 11.6 Å². The number of aromatic nitrogens is 4. The molecule has 0 saturated heterocycles. The quantitative estimate of drug-likeness (QED) is 0.440. The summed E-state index contributed by atoms with van der Waals surface area (Å²) in [7, 11) is 0. The monoisotopic (exact) mass is 433 g/mol. The van der Waals surface area contributed by atoms with Crippen LogP contribution in [0.4, 0.5) is 19.0 Å². The van der Waals surface area contributed by atoms with Crippen molar-refractivity contribution >= 4 is 29.0 Å². The van der Waals surface area contributed by atoms with Gasteiger partial charge in [-0.25, -0.2) is 14.6 Å². The maximum Gasteiger partial charge on any atom is 0.573 e. The maximum atomic E-state index is 12.2. The number of alkyl halides is 3. The highest BCUT2D eigenvalue weighted by Crippen LogP contribution is 2.25.